The van der Waals surface area contributed by atoms with Gasteiger partial charge in [-0.2, -0.15) is 0 Å². The van der Waals surface area contributed by atoms with Crippen molar-refractivity contribution < 1.29 is 13.2 Å². The molecule has 1 N–H and O–H groups in total. The molecule has 0 unspecified atom stereocenters. The normalized spacial score (nSPS) is 11.4. The molecule has 2 heterocycles. The molecule has 1 aromatic carbocycles. The number of rotatable bonds is 9. The maximum atomic E-state index is 12.4. The number of sulfonamides is 1. The van der Waals surface area contributed by atoms with Gasteiger partial charge in [0.15, 0.2) is 0 Å². The highest BCUT2D eigenvalue weighted by Gasteiger charge is 2.13. The molecule has 0 fully saturated rings. The first-order valence-corrected chi connectivity index (χ1v) is 11.0. The fourth-order valence-electron chi connectivity index (χ4n) is 2.61. The van der Waals surface area contributed by atoms with Crippen molar-refractivity contribution in [2.75, 3.05) is 6.54 Å². The van der Waals surface area contributed by atoms with Crippen molar-refractivity contribution in [3.8, 4) is 0 Å². The van der Waals surface area contributed by atoms with Gasteiger partial charge < -0.3 is 0 Å². The van der Waals surface area contributed by atoms with Crippen LogP contribution in [0.2, 0.25) is 0 Å². The van der Waals surface area contributed by atoms with Gasteiger partial charge in [0.05, 0.1) is 9.77 Å². The van der Waals surface area contributed by atoms with Crippen LogP contribution < -0.4 is 4.72 Å². The van der Waals surface area contributed by atoms with Crippen molar-refractivity contribution in [1.29, 1.82) is 0 Å². The molecule has 0 spiro atoms. The molecule has 0 atom stereocenters. The molecule has 0 bridgehead atoms. The molecule has 0 radical (unpaired) electrons. The Labute approximate surface area is 163 Å². The number of hydrogen-bond donors (Lipinski definition) is 1. The van der Waals surface area contributed by atoms with Crippen LogP contribution in [0.3, 0.4) is 0 Å². The molecule has 140 valence electrons. The van der Waals surface area contributed by atoms with E-state index in [0.29, 0.717) is 17.0 Å². The van der Waals surface area contributed by atoms with E-state index in [2.05, 4.69) is 9.71 Å². The zero-order chi connectivity index (χ0) is 19.1. The number of aryl methyl sites for hydroxylation is 1. The third-order valence-electron chi connectivity index (χ3n) is 4.04. The lowest BCUT2D eigenvalue weighted by Crippen LogP contribution is -2.24. The fourth-order valence-corrected chi connectivity index (χ4v) is 4.61. The zero-order valence-corrected chi connectivity index (χ0v) is 16.3. The van der Waals surface area contributed by atoms with Crippen LogP contribution in [0.1, 0.15) is 33.6 Å². The summed E-state index contributed by atoms with van der Waals surface area (Å²) >= 11 is 1.43. The van der Waals surface area contributed by atoms with Crippen molar-refractivity contribution in [3.05, 3.63) is 82.3 Å². The van der Waals surface area contributed by atoms with Crippen molar-refractivity contribution in [2.24, 2.45) is 0 Å². The lowest BCUT2D eigenvalue weighted by molar-refractivity contribution is 0.104. The molecule has 3 aromatic rings. The fraction of sp³-hybridized carbons (Fsp3) is 0.200. The summed E-state index contributed by atoms with van der Waals surface area (Å²) in [4.78, 5) is 17.3. The molecule has 0 saturated heterocycles. The van der Waals surface area contributed by atoms with Gasteiger partial charge in [-0.15, -0.1) is 11.3 Å². The Morgan fingerprint density at radius 1 is 1.07 bits per heavy atom. The molecule has 0 amide bonds. The number of aromatic nitrogens is 1. The van der Waals surface area contributed by atoms with E-state index in [0.717, 1.165) is 24.8 Å². The second kappa shape index (κ2) is 9.03. The Kier molecular flexibility index (Phi) is 6.49. The van der Waals surface area contributed by atoms with Crippen LogP contribution in [0, 0.1) is 0 Å². The number of nitrogens with one attached hydrogen (secondary N) is 1. The van der Waals surface area contributed by atoms with E-state index in [4.69, 9.17) is 0 Å². The van der Waals surface area contributed by atoms with Gasteiger partial charge >= 0.3 is 0 Å². The Morgan fingerprint density at radius 3 is 2.63 bits per heavy atom. The van der Waals surface area contributed by atoms with Crippen LogP contribution in [0.5, 0.6) is 0 Å². The van der Waals surface area contributed by atoms with E-state index in [1.807, 2.05) is 11.4 Å². The summed E-state index contributed by atoms with van der Waals surface area (Å²) in [6.45, 7) is 0.392. The average molecular weight is 401 g/mol. The van der Waals surface area contributed by atoms with Gasteiger partial charge in [-0.1, -0.05) is 18.2 Å². The van der Waals surface area contributed by atoms with E-state index in [1.54, 1.807) is 54.9 Å². The lowest BCUT2D eigenvalue weighted by atomic mass is 10.1. The molecule has 2 aromatic heterocycles. The number of unbranched alkanes of at least 4 members (excludes halogenated alkanes) is 1. The predicted octanol–water partition coefficient (Wildman–Crippen LogP) is 3.68. The smallest absolute Gasteiger partial charge is 0.240 e. The topological polar surface area (TPSA) is 76.1 Å². The summed E-state index contributed by atoms with van der Waals surface area (Å²) in [6.07, 6.45) is 5.59. The van der Waals surface area contributed by atoms with Gasteiger partial charge in [0, 0.05) is 24.5 Å². The quantitative estimate of drug-likeness (QED) is 0.439. The van der Waals surface area contributed by atoms with Crippen molar-refractivity contribution in [2.45, 2.75) is 24.2 Å². The molecular formula is C20H20N2O3S2. The van der Waals surface area contributed by atoms with Crippen molar-refractivity contribution >= 4 is 27.1 Å². The third kappa shape index (κ3) is 5.32. The predicted molar refractivity (Wildman–Crippen MR) is 107 cm³/mol. The number of hydrogen-bond acceptors (Lipinski definition) is 5. The minimum Gasteiger partial charge on any atom is -0.288 e. The Bertz CT molecular complexity index is 984. The summed E-state index contributed by atoms with van der Waals surface area (Å²) in [7, 11) is -3.44. The summed E-state index contributed by atoms with van der Waals surface area (Å²) < 4.78 is 26.9. The lowest BCUT2D eigenvalue weighted by Gasteiger charge is -2.06. The summed E-state index contributed by atoms with van der Waals surface area (Å²) in [6, 6.07) is 13.8. The summed E-state index contributed by atoms with van der Waals surface area (Å²) in [5.74, 6) is -0.0185. The highest BCUT2D eigenvalue weighted by Crippen LogP contribution is 2.20. The van der Waals surface area contributed by atoms with Gasteiger partial charge in [-0.3, -0.25) is 9.78 Å². The van der Waals surface area contributed by atoms with Crippen LogP contribution in [0.4, 0.5) is 0 Å². The molecule has 7 heteroatoms. The molecule has 0 aliphatic rings. The Balaban J connectivity index is 1.45. The first-order valence-electron chi connectivity index (χ1n) is 8.63. The van der Waals surface area contributed by atoms with Crippen molar-refractivity contribution in [1.82, 2.24) is 9.71 Å². The number of thiophene rings is 1. The van der Waals surface area contributed by atoms with Gasteiger partial charge in [-0.05, 0) is 60.5 Å². The molecule has 5 nitrogen and oxygen atoms in total. The maximum Gasteiger partial charge on any atom is 0.240 e. The summed E-state index contributed by atoms with van der Waals surface area (Å²) in [5, 5.41) is 1.98. The van der Waals surface area contributed by atoms with Crippen LogP contribution in [-0.2, 0) is 16.4 Å². The number of ketones is 1. The maximum absolute atomic E-state index is 12.4. The molecule has 27 heavy (non-hydrogen) atoms. The van der Waals surface area contributed by atoms with Crippen LogP contribution in [-0.4, -0.2) is 25.7 Å². The Hall–Kier alpha value is -2.35. The second-order valence-corrected chi connectivity index (χ2v) is 8.74. The minimum absolute atomic E-state index is 0.0185. The van der Waals surface area contributed by atoms with Gasteiger partial charge in [0.2, 0.25) is 15.8 Å². The first kappa shape index (κ1) is 19.4. The SMILES string of the molecule is O=C(c1cccnc1)c1cc(CCCCNS(=O)(=O)c2ccccc2)cs1. The van der Waals surface area contributed by atoms with Crippen LogP contribution in [0.15, 0.2) is 71.2 Å². The van der Waals surface area contributed by atoms with Gasteiger partial charge in [-0.25, -0.2) is 13.1 Å². The molecule has 0 saturated carbocycles. The highest BCUT2D eigenvalue weighted by atomic mass is 32.2. The number of carbonyl (C=O) groups excluding carboxylic acids is 1. The third-order valence-corrected chi connectivity index (χ3v) is 6.49. The first-order chi connectivity index (χ1) is 13.1. The van der Waals surface area contributed by atoms with Crippen LogP contribution >= 0.6 is 11.3 Å². The number of carbonyl (C=O) groups is 1. The van der Waals surface area contributed by atoms with Gasteiger partial charge in [0.25, 0.3) is 0 Å². The van der Waals surface area contributed by atoms with E-state index < -0.39 is 10.0 Å². The molecule has 3 rings (SSSR count). The van der Waals surface area contributed by atoms with E-state index in [-0.39, 0.29) is 10.7 Å². The van der Waals surface area contributed by atoms with E-state index in [1.165, 1.54) is 11.3 Å². The monoisotopic (exact) mass is 400 g/mol. The minimum atomic E-state index is -3.44. The number of benzene rings is 1. The van der Waals surface area contributed by atoms with E-state index >= 15 is 0 Å². The Morgan fingerprint density at radius 2 is 1.89 bits per heavy atom. The van der Waals surface area contributed by atoms with Gasteiger partial charge in [0.1, 0.15) is 0 Å². The number of pyridine rings is 1. The second-order valence-electron chi connectivity index (χ2n) is 6.06. The molecule has 0 aliphatic heterocycles. The highest BCUT2D eigenvalue weighted by molar-refractivity contribution is 7.89. The van der Waals surface area contributed by atoms with Crippen LogP contribution in [0.25, 0.3) is 0 Å². The molecular weight excluding hydrogens is 380 g/mol. The average Bonchev–Trinajstić information content (AvgIpc) is 3.17. The zero-order valence-electron chi connectivity index (χ0n) is 14.7. The standard InChI is InChI=1S/C20H20N2O3S2/c23-20(17-8-6-11-21-14-17)19-13-16(15-26-19)7-4-5-12-22-27(24,25)18-9-2-1-3-10-18/h1-3,6,8-11,13-15,22H,4-5,7,12H2. The largest absolute Gasteiger partial charge is 0.288 e. The number of nitrogens with zero attached hydrogens (tertiary/aromatic N) is 1. The van der Waals surface area contributed by atoms with Crippen molar-refractivity contribution in [3.63, 3.8) is 0 Å². The summed E-state index contributed by atoms with van der Waals surface area (Å²) in [5.41, 5.74) is 1.68. The molecule has 0 aliphatic carbocycles. The van der Waals surface area contributed by atoms with E-state index in [9.17, 15) is 13.2 Å².